The highest BCUT2D eigenvalue weighted by Gasteiger charge is 2.73. The van der Waals surface area contributed by atoms with Gasteiger partial charge in [0.1, 0.15) is 17.9 Å². The van der Waals surface area contributed by atoms with E-state index in [2.05, 4.69) is 15.3 Å². The number of carbonyl (C=O) groups is 4. The molecular weight excluding hydrogens is 682 g/mol. The molecular formula is C35H32F6N6O4. The smallest absolute Gasteiger partial charge is 0.322 e. The third-order valence-electron chi connectivity index (χ3n) is 11.2. The number of hydrogen-bond donors (Lipinski definition) is 1. The Morgan fingerprint density at radius 2 is 1.69 bits per heavy atom. The first-order valence-corrected chi connectivity index (χ1v) is 16.7. The molecule has 3 heterocycles. The van der Waals surface area contributed by atoms with Crippen LogP contribution < -0.4 is 5.32 Å². The number of amides is 4. The molecule has 2 aromatic carbocycles. The van der Waals surface area contributed by atoms with Crippen molar-refractivity contribution in [1.29, 1.82) is 0 Å². The van der Waals surface area contributed by atoms with Gasteiger partial charge < -0.3 is 10.2 Å². The number of halogens is 6. The maximum atomic E-state index is 14.5. The van der Waals surface area contributed by atoms with Crippen LogP contribution in [0.3, 0.4) is 0 Å². The number of aromatic nitrogens is 2. The average molecular weight is 715 g/mol. The molecule has 0 radical (unpaired) electrons. The summed E-state index contributed by atoms with van der Waals surface area (Å²) in [4.78, 5) is 57.2. The molecule has 4 amide bonds. The first-order valence-electron chi connectivity index (χ1n) is 16.7. The first-order chi connectivity index (χ1) is 24.1. The van der Waals surface area contributed by atoms with Crippen LogP contribution in [-0.4, -0.2) is 91.4 Å². The van der Waals surface area contributed by atoms with Gasteiger partial charge in [-0.1, -0.05) is 30.7 Å². The quantitative estimate of drug-likeness (QED) is 0.254. The van der Waals surface area contributed by atoms with Crippen molar-refractivity contribution in [2.24, 2.45) is 0 Å². The van der Waals surface area contributed by atoms with E-state index < -0.39 is 85.0 Å². The number of nitrogens with one attached hydrogen (secondary N) is 1. The molecule has 8 rings (SSSR count). The number of ketones is 1. The fourth-order valence-electron chi connectivity index (χ4n) is 8.04. The van der Waals surface area contributed by atoms with Crippen LogP contribution in [0.2, 0.25) is 0 Å². The third-order valence-corrected chi connectivity index (χ3v) is 11.2. The second-order valence-corrected chi connectivity index (χ2v) is 14.3. The lowest BCUT2D eigenvalue weighted by molar-refractivity contribution is -0.307. The van der Waals surface area contributed by atoms with Gasteiger partial charge in [0.15, 0.2) is 11.3 Å². The van der Waals surface area contributed by atoms with Gasteiger partial charge in [0, 0.05) is 62.3 Å². The van der Waals surface area contributed by atoms with Gasteiger partial charge in [0.2, 0.25) is 5.91 Å². The van der Waals surface area contributed by atoms with Gasteiger partial charge >= 0.3 is 12.2 Å². The number of Topliss-reactive ketones (excluding diaryl/α,β-unsaturated/α-hetero) is 1. The molecule has 268 valence electrons. The maximum Gasteiger partial charge on any atom is 0.412 e. The number of urea groups is 1. The van der Waals surface area contributed by atoms with Crippen LogP contribution in [0.5, 0.6) is 0 Å². The number of imide groups is 1. The summed E-state index contributed by atoms with van der Waals surface area (Å²) >= 11 is 0. The molecule has 16 heteroatoms. The molecule has 5 aliphatic rings. The zero-order chi connectivity index (χ0) is 36.1. The molecule has 0 bridgehead atoms. The highest BCUT2D eigenvalue weighted by molar-refractivity contribution is 6.17. The fourth-order valence-corrected chi connectivity index (χ4v) is 8.04. The number of alkyl halides is 5. The topological polar surface area (TPSA) is 108 Å². The molecule has 2 saturated heterocycles. The molecule has 0 unspecified atom stereocenters. The molecule has 3 aliphatic carbocycles. The zero-order valence-electron chi connectivity index (χ0n) is 27.1. The fraction of sp³-hybridized carbons (Fsp3) is 0.457. The van der Waals surface area contributed by atoms with Gasteiger partial charge in [0.05, 0.1) is 12.2 Å². The molecule has 10 nitrogen and oxygen atoms in total. The van der Waals surface area contributed by atoms with Crippen LogP contribution >= 0.6 is 0 Å². The Hall–Kier alpha value is -4.73. The van der Waals surface area contributed by atoms with Crippen molar-refractivity contribution in [1.82, 2.24) is 29.8 Å². The van der Waals surface area contributed by atoms with Gasteiger partial charge in [-0.25, -0.2) is 18.0 Å². The molecule has 2 saturated carbocycles. The van der Waals surface area contributed by atoms with E-state index in [9.17, 15) is 45.5 Å². The minimum absolute atomic E-state index is 0.0113. The second-order valence-electron chi connectivity index (χ2n) is 14.3. The van der Waals surface area contributed by atoms with Gasteiger partial charge in [-0.3, -0.25) is 28.9 Å². The van der Waals surface area contributed by atoms with Crippen LogP contribution in [0.25, 0.3) is 11.1 Å². The monoisotopic (exact) mass is 714 g/mol. The van der Waals surface area contributed by atoms with Crippen molar-refractivity contribution in [2.75, 3.05) is 19.6 Å². The van der Waals surface area contributed by atoms with E-state index >= 15 is 0 Å². The molecule has 1 aromatic heterocycles. The highest BCUT2D eigenvalue weighted by Crippen LogP contribution is 2.57. The SMILES string of the molecule is O=C1C[C@]2(NC(=O)N(CC(=O)N(Cc3ccc(F)cc3)C3(C(F)(F)F)CC(F)(F)C3)C2=O)c2ccc(-c3cnn(C4CN(C5CCC5)C4)c3)cc21. The summed E-state index contributed by atoms with van der Waals surface area (Å²) in [7, 11) is 0. The zero-order valence-corrected chi connectivity index (χ0v) is 27.1. The number of nitrogens with zero attached hydrogens (tertiary/aromatic N) is 5. The predicted molar refractivity (Wildman–Crippen MR) is 167 cm³/mol. The van der Waals surface area contributed by atoms with Gasteiger partial charge in [-0.05, 0) is 47.7 Å². The summed E-state index contributed by atoms with van der Waals surface area (Å²) in [6, 6.07) is 8.64. The standard InChI is InChI=1S/C35H32F6N6O4/c36-23-7-4-20(5-8-23)13-46(32(35(39,40)41)18-33(37,38)19-32)29(49)17-45-30(50)34(43-31(45)51)11-28(48)26-10-21(6-9-27(26)34)22-12-42-47(14-22)25-15-44(16-25)24-2-1-3-24/h4-10,12,14,24-25H,1-3,11,13,15-19H2,(H,43,51)/t34-/m0/s1. The van der Waals surface area contributed by atoms with E-state index in [1.54, 1.807) is 18.3 Å². The Balaban J connectivity index is 1.03. The van der Waals surface area contributed by atoms with Crippen molar-refractivity contribution >= 4 is 23.6 Å². The Labute approximate surface area is 287 Å². The Kier molecular flexibility index (Phi) is 7.46. The van der Waals surface area contributed by atoms with E-state index in [0.717, 1.165) is 42.9 Å². The van der Waals surface area contributed by atoms with Crippen molar-refractivity contribution in [2.45, 2.75) is 80.3 Å². The number of fused-ring (bicyclic) bond motifs is 2. The van der Waals surface area contributed by atoms with Crippen molar-refractivity contribution < 1.29 is 45.5 Å². The Morgan fingerprint density at radius 3 is 2.31 bits per heavy atom. The van der Waals surface area contributed by atoms with Crippen LogP contribution in [0, 0.1) is 5.82 Å². The second kappa shape index (κ2) is 11.4. The van der Waals surface area contributed by atoms with Gasteiger partial charge in [-0.15, -0.1) is 0 Å². The number of hydrogen-bond acceptors (Lipinski definition) is 6. The summed E-state index contributed by atoms with van der Waals surface area (Å²) in [6.45, 7) is -0.238. The van der Waals surface area contributed by atoms with E-state index in [0.29, 0.717) is 16.5 Å². The first kappa shape index (κ1) is 33.4. The minimum Gasteiger partial charge on any atom is -0.322 e. The molecule has 51 heavy (non-hydrogen) atoms. The van der Waals surface area contributed by atoms with Crippen molar-refractivity contribution in [3.05, 3.63) is 77.4 Å². The molecule has 1 spiro atoms. The van der Waals surface area contributed by atoms with Crippen molar-refractivity contribution in [3.63, 3.8) is 0 Å². The third kappa shape index (κ3) is 5.32. The minimum atomic E-state index is -5.30. The van der Waals surface area contributed by atoms with Crippen LogP contribution in [-0.2, 0) is 21.7 Å². The number of benzene rings is 2. The lowest BCUT2D eigenvalue weighted by Crippen LogP contribution is -2.71. The highest BCUT2D eigenvalue weighted by atomic mass is 19.4. The summed E-state index contributed by atoms with van der Waals surface area (Å²) in [6.07, 6.45) is -1.97. The van der Waals surface area contributed by atoms with E-state index in [-0.39, 0.29) is 27.6 Å². The molecule has 2 aliphatic heterocycles. The average Bonchev–Trinajstić information content (AvgIpc) is 3.66. The lowest BCUT2D eigenvalue weighted by Gasteiger charge is -2.54. The molecule has 1 N–H and O–H groups in total. The molecule has 4 fully saturated rings. The maximum absolute atomic E-state index is 14.5. The Morgan fingerprint density at radius 1 is 0.980 bits per heavy atom. The summed E-state index contributed by atoms with van der Waals surface area (Å²) in [5.74, 6) is -7.36. The van der Waals surface area contributed by atoms with Crippen molar-refractivity contribution in [3.8, 4) is 11.1 Å². The summed E-state index contributed by atoms with van der Waals surface area (Å²) in [5, 5.41) is 7.00. The number of carbonyl (C=O) groups excluding carboxylic acids is 4. The molecule has 3 aromatic rings. The van der Waals surface area contributed by atoms with E-state index in [1.165, 1.54) is 25.3 Å². The van der Waals surface area contributed by atoms with Gasteiger partial charge in [-0.2, -0.15) is 18.3 Å². The predicted octanol–water partition coefficient (Wildman–Crippen LogP) is 5.19. The van der Waals surface area contributed by atoms with Crippen LogP contribution in [0.1, 0.15) is 66.1 Å². The summed E-state index contributed by atoms with van der Waals surface area (Å²) < 4.78 is 87.0. The largest absolute Gasteiger partial charge is 0.412 e. The van der Waals surface area contributed by atoms with E-state index in [4.69, 9.17) is 0 Å². The Bertz CT molecular complexity index is 1950. The van der Waals surface area contributed by atoms with E-state index in [1.807, 2.05) is 10.9 Å². The lowest BCUT2D eigenvalue weighted by atomic mass is 9.71. The normalized spacial score (nSPS) is 24.3. The molecule has 1 atom stereocenters. The van der Waals surface area contributed by atoms with Crippen LogP contribution in [0.15, 0.2) is 54.9 Å². The van der Waals surface area contributed by atoms with Gasteiger partial charge in [0.25, 0.3) is 11.8 Å². The summed E-state index contributed by atoms with van der Waals surface area (Å²) in [5.41, 5.74) is -3.48. The number of likely N-dealkylation sites (tertiary alicyclic amines) is 1. The van der Waals surface area contributed by atoms with Crippen LogP contribution in [0.4, 0.5) is 31.1 Å². The number of rotatable bonds is 8.